The van der Waals surface area contributed by atoms with Crippen LogP contribution in [0.1, 0.15) is 10.4 Å². The minimum Gasteiger partial charge on any atom is -0.322 e. The maximum atomic E-state index is 12.3. The van der Waals surface area contributed by atoms with Crippen LogP contribution in [-0.4, -0.2) is 5.91 Å². The Bertz CT molecular complexity index is 930. The number of carbonyl (C=O) groups excluding carboxylic acids is 1. The van der Waals surface area contributed by atoms with Crippen molar-refractivity contribution in [3.05, 3.63) is 82.3 Å². The van der Waals surface area contributed by atoms with E-state index in [2.05, 4.69) is 15.7 Å². The third-order valence-electron chi connectivity index (χ3n) is 3.72. The first-order valence-corrected chi connectivity index (χ1v) is 8.41. The molecule has 0 unspecified atom stereocenters. The molecule has 0 heterocycles. The van der Waals surface area contributed by atoms with Gasteiger partial charge in [-0.05, 0) is 42.0 Å². The molecule has 26 heavy (non-hydrogen) atoms. The number of halogens is 2. The lowest BCUT2D eigenvalue weighted by Crippen LogP contribution is -2.12. The van der Waals surface area contributed by atoms with Gasteiger partial charge in [-0.15, -0.1) is 0 Å². The first kappa shape index (κ1) is 18.2. The number of nitrogens with one attached hydrogen (secondary N) is 2. The summed E-state index contributed by atoms with van der Waals surface area (Å²) in [6, 6.07) is 19.6. The molecule has 3 aromatic rings. The molecule has 0 spiro atoms. The van der Waals surface area contributed by atoms with Crippen LogP contribution in [-0.2, 0) is 4.94 Å². The summed E-state index contributed by atoms with van der Waals surface area (Å²) in [5, 5.41) is 3.77. The summed E-state index contributed by atoms with van der Waals surface area (Å²) < 4.78 is 0. The number of carbonyl (C=O) groups is 1. The minimum absolute atomic E-state index is 0.265. The number of amides is 1. The average molecular weight is 388 g/mol. The molecule has 1 amide bonds. The molecule has 0 saturated heterocycles. The normalized spacial score (nSPS) is 10.4. The van der Waals surface area contributed by atoms with Gasteiger partial charge in [0.2, 0.25) is 0 Å². The first-order valence-electron chi connectivity index (χ1n) is 7.66. The molecule has 3 aromatic carbocycles. The number of anilines is 2. The fourth-order valence-corrected chi connectivity index (χ4v) is 2.97. The fourth-order valence-electron chi connectivity index (χ4n) is 2.46. The maximum Gasteiger partial charge on any atom is 0.257 e. The highest BCUT2D eigenvalue weighted by atomic mass is 35.5. The molecule has 0 fully saturated rings. The van der Waals surface area contributed by atoms with Crippen molar-refractivity contribution in [2.45, 2.75) is 0 Å². The minimum atomic E-state index is -0.265. The number of rotatable bonds is 5. The van der Waals surface area contributed by atoms with Crippen molar-refractivity contribution in [1.82, 2.24) is 0 Å². The molecule has 0 saturated carbocycles. The van der Waals surface area contributed by atoms with Gasteiger partial charge >= 0.3 is 0 Å². The van der Waals surface area contributed by atoms with Gasteiger partial charge in [0.25, 0.3) is 5.91 Å². The molecule has 3 rings (SSSR count). The molecule has 0 aliphatic rings. The van der Waals surface area contributed by atoms with E-state index in [1.54, 1.807) is 48.5 Å². The number of benzene rings is 3. The highest BCUT2D eigenvalue weighted by Crippen LogP contribution is 2.31. The lowest BCUT2D eigenvalue weighted by atomic mass is 10.0. The second-order valence-corrected chi connectivity index (χ2v) is 6.24. The fraction of sp³-hybridized carbons (Fsp3) is 0. The Hall–Kier alpha value is -2.57. The van der Waals surface area contributed by atoms with Crippen LogP contribution in [0.25, 0.3) is 11.1 Å². The van der Waals surface area contributed by atoms with E-state index >= 15 is 0 Å². The maximum absolute atomic E-state index is 12.3. The Balaban J connectivity index is 1.77. The third kappa shape index (κ3) is 4.15. The zero-order valence-electron chi connectivity index (χ0n) is 13.5. The summed E-state index contributed by atoms with van der Waals surface area (Å²) >= 11 is 12.3. The summed E-state index contributed by atoms with van der Waals surface area (Å²) in [7, 11) is 0. The smallest absolute Gasteiger partial charge is 0.257 e. The van der Waals surface area contributed by atoms with E-state index < -0.39 is 0 Å². The van der Waals surface area contributed by atoms with E-state index in [9.17, 15) is 4.79 Å². The molecule has 7 heteroatoms. The average Bonchev–Trinajstić information content (AvgIpc) is 2.63. The van der Waals surface area contributed by atoms with Crippen molar-refractivity contribution in [2.24, 2.45) is 5.90 Å². The largest absolute Gasteiger partial charge is 0.322 e. The summed E-state index contributed by atoms with van der Waals surface area (Å²) in [4.78, 5) is 16.7. The predicted molar refractivity (Wildman–Crippen MR) is 105 cm³/mol. The molecule has 0 aliphatic carbocycles. The van der Waals surface area contributed by atoms with Crippen LogP contribution < -0.4 is 16.7 Å². The SMILES string of the molecule is NONc1ccc(-c2ccc(NC(=O)c3ccccc3Cl)cc2)c(Cl)c1. The summed E-state index contributed by atoms with van der Waals surface area (Å²) in [6.07, 6.45) is 0. The Morgan fingerprint density at radius 2 is 1.58 bits per heavy atom. The molecular formula is C19H15Cl2N3O2. The second-order valence-electron chi connectivity index (χ2n) is 5.43. The lowest BCUT2D eigenvalue weighted by Gasteiger charge is -2.10. The van der Waals surface area contributed by atoms with Gasteiger partial charge < -0.3 is 5.32 Å². The van der Waals surface area contributed by atoms with Crippen molar-refractivity contribution in [3.63, 3.8) is 0 Å². The number of nitrogens with two attached hydrogens (primary N) is 1. The van der Waals surface area contributed by atoms with Crippen LogP contribution in [0, 0.1) is 0 Å². The van der Waals surface area contributed by atoms with Gasteiger partial charge in [-0.25, -0.2) is 5.48 Å². The molecular weight excluding hydrogens is 373 g/mol. The van der Waals surface area contributed by atoms with Gasteiger partial charge in [-0.3, -0.25) is 4.79 Å². The topological polar surface area (TPSA) is 76.4 Å². The highest BCUT2D eigenvalue weighted by Gasteiger charge is 2.10. The van der Waals surface area contributed by atoms with Gasteiger partial charge in [0.1, 0.15) is 0 Å². The van der Waals surface area contributed by atoms with Gasteiger partial charge in [-0.1, -0.05) is 53.5 Å². The molecule has 0 bridgehead atoms. The quantitative estimate of drug-likeness (QED) is 0.530. The van der Waals surface area contributed by atoms with E-state index in [0.29, 0.717) is 27.0 Å². The van der Waals surface area contributed by atoms with Crippen LogP contribution in [0.4, 0.5) is 11.4 Å². The number of hydrogen-bond acceptors (Lipinski definition) is 4. The first-order chi connectivity index (χ1) is 12.6. The van der Waals surface area contributed by atoms with E-state index in [-0.39, 0.29) is 5.91 Å². The zero-order valence-corrected chi connectivity index (χ0v) is 15.0. The summed E-state index contributed by atoms with van der Waals surface area (Å²) in [5.41, 5.74) is 5.99. The molecule has 0 radical (unpaired) electrons. The van der Waals surface area contributed by atoms with Crippen molar-refractivity contribution in [3.8, 4) is 11.1 Å². The Labute approximate surface area is 160 Å². The molecule has 0 aliphatic heterocycles. The monoisotopic (exact) mass is 387 g/mol. The van der Waals surface area contributed by atoms with Crippen molar-refractivity contribution >= 4 is 40.5 Å². The van der Waals surface area contributed by atoms with Crippen molar-refractivity contribution < 1.29 is 9.73 Å². The number of hydrogen-bond donors (Lipinski definition) is 3. The van der Waals surface area contributed by atoms with Gasteiger partial charge in [0.15, 0.2) is 0 Å². The molecule has 5 nitrogen and oxygen atoms in total. The van der Waals surface area contributed by atoms with E-state index in [1.807, 2.05) is 18.2 Å². The van der Waals surface area contributed by atoms with Crippen LogP contribution in [0.2, 0.25) is 10.0 Å². The Morgan fingerprint density at radius 3 is 2.23 bits per heavy atom. The summed E-state index contributed by atoms with van der Waals surface area (Å²) in [5.74, 6) is 4.71. The highest BCUT2D eigenvalue weighted by molar-refractivity contribution is 6.34. The van der Waals surface area contributed by atoms with Gasteiger partial charge in [0, 0.05) is 11.3 Å². The van der Waals surface area contributed by atoms with Crippen LogP contribution in [0.5, 0.6) is 0 Å². The molecule has 0 aromatic heterocycles. The van der Waals surface area contributed by atoms with Crippen LogP contribution >= 0.6 is 23.2 Å². The molecule has 4 N–H and O–H groups in total. The Kier molecular flexibility index (Phi) is 5.75. The Morgan fingerprint density at radius 1 is 0.885 bits per heavy atom. The van der Waals surface area contributed by atoms with Gasteiger partial charge in [0.05, 0.1) is 21.3 Å². The second kappa shape index (κ2) is 8.21. The zero-order chi connectivity index (χ0) is 18.5. The lowest BCUT2D eigenvalue weighted by molar-refractivity contribution is 0.102. The predicted octanol–water partition coefficient (Wildman–Crippen LogP) is 5.13. The van der Waals surface area contributed by atoms with Gasteiger partial charge in [-0.2, -0.15) is 10.8 Å². The van der Waals surface area contributed by atoms with E-state index in [0.717, 1.165) is 11.1 Å². The van der Waals surface area contributed by atoms with Crippen molar-refractivity contribution in [1.29, 1.82) is 0 Å². The van der Waals surface area contributed by atoms with Crippen molar-refractivity contribution in [2.75, 3.05) is 10.8 Å². The van der Waals surface area contributed by atoms with Crippen LogP contribution in [0.15, 0.2) is 66.7 Å². The summed E-state index contributed by atoms with van der Waals surface area (Å²) in [6.45, 7) is 0. The van der Waals surface area contributed by atoms with E-state index in [1.165, 1.54) is 0 Å². The third-order valence-corrected chi connectivity index (χ3v) is 4.36. The van der Waals surface area contributed by atoms with Crippen LogP contribution in [0.3, 0.4) is 0 Å². The molecule has 132 valence electrons. The van der Waals surface area contributed by atoms with E-state index in [4.69, 9.17) is 29.1 Å². The standard InChI is InChI=1S/C19H15Cl2N3O2/c20-17-4-2-1-3-16(17)19(25)23-13-7-5-12(6-8-13)15-10-9-14(24-26-22)11-18(15)21/h1-11,24H,22H2,(H,23,25). The molecule has 0 atom stereocenters.